The van der Waals surface area contributed by atoms with Crippen LogP contribution in [0.3, 0.4) is 0 Å². The van der Waals surface area contributed by atoms with E-state index in [0.29, 0.717) is 0 Å². The van der Waals surface area contributed by atoms with Crippen LogP contribution in [0.2, 0.25) is 0 Å². The van der Waals surface area contributed by atoms with Crippen molar-refractivity contribution in [2.24, 2.45) is 0 Å². The summed E-state index contributed by atoms with van der Waals surface area (Å²) in [5.41, 5.74) is 0. The van der Waals surface area contributed by atoms with Crippen molar-refractivity contribution in [1.29, 1.82) is 0 Å². The SMILES string of the molecule is [AlH3].[Ca+2].[Cr].[H-].[H-].[V]. The van der Waals surface area contributed by atoms with Crippen LogP contribution >= 0.6 is 0 Å². The molecule has 0 atom stereocenters. The largest absolute Gasteiger partial charge is 2.00 e. The molecular weight excluding hydrogens is 170 g/mol. The summed E-state index contributed by atoms with van der Waals surface area (Å²) in [6.07, 6.45) is 0. The first kappa shape index (κ1) is 28.5. The Hall–Kier alpha value is 2.91. The van der Waals surface area contributed by atoms with E-state index in [0.717, 1.165) is 0 Å². The van der Waals surface area contributed by atoms with Crippen molar-refractivity contribution in [3.8, 4) is 0 Å². The van der Waals surface area contributed by atoms with Gasteiger partial charge in [0, 0.05) is 35.9 Å². The Morgan fingerprint density at radius 2 is 1.25 bits per heavy atom. The van der Waals surface area contributed by atoms with Crippen molar-refractivity contribution in [2.75, 3.05) is 0 Å². The van der Waals surface area contributed by atoms with Gasteiger partial charge in [0.2, 0.25) is 0 Å². The average Bonchev–Trinajstić information content (AvgIpc) is 0. The first-order valence-electron chi connectivity index (χ1n) is 0. The molecule has 0 N–H and O–H groups in total. The molecule has 0 aliphatic carbocycles. The van der Waals surface area contributed by atoms with Gasteiger partial charge in [0.05, 0.1) is 0 Å². The topological polar surface area (TPSA) is 0 Å². The zero-order chi connectivity index (χ0) is 0. The van der Waals surface area contributed by atoms with Gasteiger partial charge in [-0.2, -0.15) is 0 Å². The zero-order valence-corrected chi connectivity index (χ0v) is 6.44. The molecule has 4 heteroatoms. The van der Waals surface area contributed by atoms with Gasteiger partial charge < -0.3 is 2.85 Å². The molecule has 0 fully saturated rings. The van der Waals surface area contributed by atoms with Crippen LogP contribution in [-0.2, 0) is 35.9 Å². The molecule has 0 saturated heterocycles. The minimum atomic E-state index is 0. The maximum atomic E-state index is 0. The Labute approximate surface area is 92.2 Å². The summed E-state index contributed by atoms with van der Waals surface area (Å²) in [6, 6.07) is 0. The van der Waals surface area contributed by atoms with Crippen molar-refractivity contribution in [2.45, 2.75) is 0 Å². The van der Waals surface area contributed by atoms with Gasteiger partial charge in [-0.1, -0.05) is 0 Å². The molecule has 1 radical (unpaired) electrons. The summed E-state index contributed by atoms with van der Waals surface area (Å²) in [7, 11) is 0. The maximum Gasteiger partial charge on any atom is 2.00 e. The average molecular weight is 175 g/mol. The van der Waals surface area contributed by atoms with E-state index in [-0.39, 0.29) is 93.9 Å². The minimum absolute atomic E-state index is 0. The fraction of sp³-hybridized carbons (Fsp3) is 0. The summed E-state index contributed by atoms with van der Waals surface area (Å²) >= 11 is 0. The molecule has 0 aromatic rings. The molecule has 0 saturated carbocycles. The molecule has 0 aliphatic heterocycles. The molecule has 0 aromatic carbocycles. The van der Waals surface area contributed by atoms with E-state index in [1.54, 1.807) is 0 Å². The third-order valence-electron chi connectivity index (χ3n) is 0. The molecular formula is H5AlCaCrV. The third-order valence-corrected chi connectivity index (χ3v) is 0. The monoisotopic (exact) mass is 175 g/mol. The summed E-state index contributed by atoms with van der Waals surface area (Å²) in [5, 5.41) is 0. The van der Waals surface area contributed by atoms with Gasteiger partial charge in [0.25, 0.3) is 0 Å². The number of rotatable bonds is 0. The van der Waals surface area contributed by atoms with Crippen LogP contribution in [0.4, 0.5) is 0 Å². The third kappa shape index (κ3) is 8.86. The molecule has 0 aromatic heterocycles. The van der Waals surface area contributed by atoms with Crippen LogP contribution in [-0.4, -0.2) is 55.1 Å². The van der Waals surface area contributed by atoms with Crippen LogP contribution in [0.15, 0.2) is 0 Å². The summed E-state index contributed by atoms with van der Waals surface area (Å²) in [4.78, 5) is 0. The molecule has 4 heavy (non-hydrogen) atoms. The first-order chi connectivity index (χ1) is 0. The van der Waals surface area contributed by atoms with Gasteiger partial charge in [0.15, 0.2) is 17.4 Å². The molecule has 0 heterocycles. The second-order valence-electron chi connectivity index (χ2n) is 0. The van der Waals surface area contributed by atoms with E-state index >= 15 is 0 Å². The normalized spacial score (nSPS) is 0. The molecule has 0 amide bonds. The zero-order valence-electron chi connectivity index (χ0n) is 3.56. The minimum Gasteiger partial charge on any atom is -1.00 e. The second-order valence-corrected chi connectivity index (χ2v) is 0. The van der Waals surface area contributed by atoms with E-state index in [1.807, 2.05) is 0 Å². The van der Waals surface area contributed by atoms with Crippen molar-refractivity contribution >= 4 is 55.1 Å². The van der Waals surface area contributed by atoms with E-state index in [9.17, 15) is 0 Å². The number of hydrogen-bond acceptors (Lipinski definition) is 0. The smallest absolute Gasteiger partial charge is 1.00 e. The second kappa shape index (κ2) is 16.8. The van der Waals surface area contributed by atoms with Crippen molar-refractivity contribution < 1.29 is 38.8 Å². The number of hydrogen-bond donors (Lipinski definition) is 0. The first-order valence-corrected chi connectivity index (χ1v) is 0. The molecule has 0 nitrogen and oxygen atoms in total. The van der Waals surface area contributed by atoms with Crippen molar-refractivity contribution in [1.82, 2.24) is 0 Å². The molecule has 0 spiro atoms. The van der Waals surface area contributed by atoms with E-state index in [1.165, 1.54) is 0 Å². The van der Waals surface area contributed by atoms with Crippen LogP contribution < -0.4 is 0 Å². The summed E-state index contributed by atoms with van der Waals surface area (Å²) < 4.78 is 0. The van der Waals surface area contributed by atoms with Crippen LogP contribution in [0.25, 0.3) is 0 Å². The van der Waals surface area contributed by atoms with Crippen molar-refractivity contribution in [3.63, 3.8) is 0 Å². The fourth-order valence-corrected chi connectivity index (χ4v) is 0. The van der Waals surface area contributed by atoms with E-state index < -0.39 is 0 Å². The van der Waals surface area contributed by atoms with Gasteiger partial charge in [-0.05, 0) is 0 Å². The predicted octanol–water partition coefficient (Wildman–Crippen LogP) is -1.34. The van der Waals surface area contributed by atoms with Crippen LogP contribution in [0.5, 0.6) is 0 Å². The van der Waals surface area contributed by atoms with Crippen molar-refractivity contribution in [3.05, 3.63) is 0 Å². The van der Waals surface area contributed by atoms with Gasteiger partial charge in [-0.3, -0.25) is 0 Å². The Bertz CT molecular complexity index is 13.5. The molecule has 0 aliphatic rings. The van der Waals surface area contributed by atoms with Gasteiger partial charge in [-0.15, -0.1) is 0 Å². The molecule has 0 unspecified atom stereocenters. The Morgan fingerprint density at radius 3 is 1.25 bits per heavy atom. The summed E-state index contributed by atoms with van der Waals surface area (Å²) in [5.74, 6) is 0. The standard InChI is InChI=1S/Al.Ca.Cr.V.5H/q;+2;;;;;;2*-1. The van der Waals surface area contributed by atoms with E-state index in [2.05, 4.69) is 0 Å². The quantitative estimate of drug-likeness (QED) is 0.399. The summed E-state index contributed by atoms with van der Waals surface area (Å²) in [6.45, 7) is 0. The Balaban J connectivity index is 0. The van der Waals surface area contributed by atoms with Gasteiger partial charge >= 0.3 is 37.7 Å². The van der Waals surface area contributed by atoms with Gasteiger partial charge in [-0.25, -0.2) is 0 Å². The predicted molar refractivity (Wildman–Crippen MR) is 17.9 cm³/mol. The Morgan fingerprint density at radius 1 is 1.25 bits per heavy atom. The molecule has 0 rings (SSSR count). The van der Waals surface area contributed by atoms with E-state index in [4.69, 9.17) is 0 Å². The Kier molecular flexibility index (Phi) is 120. The molecule has 21 valence electrons. The molecule has 0 bridgehead atoms. The van der Waals surface area contributed by atoms with Crippen LogP contribution in [0, 0.1) is 0 Å². The fourth-order valence-electron chi connectivity index (χ4n) is 0. The maximum absolute atomic E-state index is 0. The van der Waals surface area contributed by atoms with Gasteiger partial charge in [0.1, 0.15) is 0 Å². The van der Waals surface area contributed by atoms with Crippen LogP contribution in [0.1, 0.15) is 2.85 Å².